The van der Waals surface area contributed by atoms with E-state index in [2.05, 4.69) is 13.8 Å². The van der Waals surface area contributed by atoms with Gasteiger partial charge in [0.25, 0.3) is 0 Å². The van der Waals surface area contributed by atoms with Gasteiger partial charge in [-0.25, -0.2) is 0 Å². The van der Waals surface area contributed by atoms with Crippen molar-refractivity contribution in [1.82, 2.24) is 0 Å². The summed E-state index contributed by atoms with van der Waals surface area (Å²) in [4.78, 5) is 0. The Bertz CT molecular complexity index is 86.2. The number of unbranched alkanes of at least 4 members (excludes halogenated alkanes) is 1. The van der Waals surface area contributed by atoms with Crippen molar-refractivity contribution in [1.29, 1.82) is 0 Å². The van der Waals surface area contributed by atoms with Crippen LogP contribution in [0.25, 0.3) is 0 Å². The van der Waals surface area contributed by atoms with Gasteiger partial charge in [-0.05, 0) is 12.0 Å². The third kappa shape index (κ3) is 7.17. The van der Waals surface area contributed by atoms with Crippen molar-refractivity contribution in [3.8, 4) is 0 Å². The molecular weight excluding hydrogens is 195 g/mol. The number of rotatable bonds is 6. The molecule has 0 aliphatic heterocycles. The van der Waals surface area contributed by atoms with Crippen molar-refractivity contribution in [2.24, 2.45) is 5.92 Å². The monoisotopic (exact) mass is 212 g/mol. The smallest absolute Gasteiger partial charge is 0.150 e. The number of hydrogen-bond donors (Lipinski definition) is 0. The molecule has 0 aromatic carbocycles. The lowest BCUT2D eigenvalue weighted by Crippen LogP contribution is -2.05. The second kappa shape index (κ2) is 7.45. The molecule has 0 bridgehead atoms. The Morgan fingerprint density at radius 3 is 2.27 bits per heavy atom. The van der Waals surface area contributed by atoms with E-state index in [1.807, 2.05) is 0 Å². The van der Waals surface area contributed by atoms with Crippen LogP contribution >= 0.6 is 22.2 Å². The molecular formula is C8H18Cl2Si. The topological polar surface area (TPSA) is 0 Å². The molecule has 0 saturated heterocycles. The Morgan fingerprint density at radius 1 is 1.27 bits per heavy atom. The Balaban J connectivity index is 3.41. The van der Waals surface area contributed by atoms with E-state index in [4.69, 9.17) is 22.2 Å². The highest BCUT2D eigenvalue weighted by Gasteiger charge is 2.11. The summed E-state index contributed by atoms with van der Waals surface area (Å²) in [6.07, 6.45) is 5.17. The minimum absolute atomic E-state index is 0.793. The minimum atomic E-state index is -1.34. The average Bonchev–Trinajstić information content (AvgIpc) is 1.97. The van der Waals surface area contributed by atoms with Gasteiger partial charge in [-0.2, -0.15) is 22.2 Å². The summed E-state index contributed by atoms with van der Waals surface area (Å²) in [7, 11) is -1.34. The first-order valence-corrected chi connectivity index (χ1v) is 8.79. The third-order valence-electron chi connectivity index (χ3n) is 2.05. The molecule has 0 amide bonds. The molecule has 0 fully saturated rings. The Labute approximate surface area is 81.3 Å². The second-order valence-electron chi connectivity index (χ2n) is 3.04. The van der Waals surface area contributed by atoms with E-state index in [1.165, 1.54) is 25.7 Å². The lowest BCUT2D eigenvalue weighted by atomic mass is 10.0. The molecule has 1 unspecified atom stereocenters. The average molecular weight is 213 g/mol. The first kappa shape index (κ1) is 11.8. The van der Waals surface area contributed by atoms with E-state index in [0.29, 0.717) is 0 Å². The zero-order valence-electron chi connectivity index (χ0n) is 7.45. The largest absolute Gasteiger partial charge is 0.237 e. The molecule has 68 valence electrons. The highest BCUT2D eigenvalue weighted by molar-refractivity contribution is 7.33. The lowest BCUT2D eigenvalue weighted by Gasteiger charge is -2.13. The first-order chi connectivity index (χ1) is 5.20. The molecule has 0 nitrogen and oxygen atoms in total. The van der Waals surface area contributed by atoms with E-state index in [0.717, 1.165) is 12.0 Å². The van der Waals surface area contributed by atoms with Gasteiger partial charge in [0.2, 0.25) is 7.42 Å². The van der Waals surface area contributed by atoms with Crippen LogP contribution < -0.4 is 0 Å². The standard InChI is InChI=1S/C8H18Cl2Si/c1-3-5-6-8(4-2)7-11(9)10/h8,11H,3-7H2,1-2H3. The van der Waals surface area contributed by atoms with Crippen molar-refractivity contribution in [2.75, 3.05) is 0 Å². The van der Waals surface area contributed by atoms with Crippen molar-refractivity contribution in [2.45, 2.75) is 45.6 Å². The van der Waals surface area contributed by atoms with Crippen molar-refractivity contribution in [3.63, 3.8) is 0 Å². The highest BCUT2D eigenvalue weighted by atomic mass is 35.7. The summed E-state index contributed by atoms with van der Waals surface area (Å²) in [5, 5.41) is 0. The van der Waals surface area contributed by atoms with Crippen LogP contribution in [-0.4, -0.2) is 7.42 Å². The zero-order valence-corrected chi connectivity index (χ0v) is 10.1. The van der Waals surface area contributed by atoms with Gasteiger partial charge in [-0.1, -0.05) is 39.5 Å². The first-order valence-electron chi connectivity index (χ1n) is 4.48. The van der Waals surface area contributed by atoms with E-state index < -0.39 is 7.42 Å². The van der Waals surface area contributed by atoms with Gasteiger partial charge < -0.3 is 0 Å². The van der Waals surface area contributed by atoms with Gasteiger partial charge in [-0.15, -0.1) is 0 Å². The molecule has 0 spiro atoms. The molecule has 0 radical (unpaired) electrons. The third-order valence-corrected chi connectivity index (χ3v) is 4.15. The maximum absolute atomic E-state index is 5.83. The van der Waals surface area contributed by atoms with E-state index in [9.17, 15) is 0 Å². The minimum Gasteiger partial charge on any atom is -0.150 e. The normalized spacial score (nSPS) is 13.9. The summed E-state index contributed by atoms with van der Waals surface area (Å²) in [5.74, 6) is 0.793. The van der Waals surface area contributed by atoms with Crippen molar-refractivity contribution >= 4 is 29.6 Å². The summed E-state index contributed by atoms with van der Waals surface area (Å²) in [6.45, 7) is 4.45. The molecule has 0 rings (SSSR count). The molecule has 3 heteroatoms. The van der Waals surface area contributed by atoms with Gasteiger partial charge in [0, 0.05) is 0 Å². The van der Waals surface area contributed by atoms with Gasteiger partial charge in [0.05, 0.1) is 0 Å². The molecule has 1 atom stereocenters. The summed E-state index contributed by atoms with van der Waals surface area (Å²) in [6, 6.07) is 1.10. The molecule has 0 aliphatic rings. The predicted octanol–water partition coefficient (Wildman–Crippen LogP) is 3.90. The Hall–Kier alpha value is 0.797. The van der Waals surface area contributed by atoms with Crippen LogP contribution in [0, 0.1) is 5.92 Å². The van der Waals surface area contributed by atoms with Gasteiger partial charge in [0.15, 0.2) is 0 Å². The van der Waals surface area contributed by atoms with Crippen LogP contribution in [0.15, 0.2) is 0 Å². The van der Waals surface area contributed by atoms with Crippen LogP contribution in [0.5, 0.6) is 0 Å². The second-order valence-corrected chi connectivity index (χ2v) is 8.13. The highest BCUT2D eigenvalue weighted by Crippen LogP contribution is 2.21. The molecule has 0 aliphatic carbocycles. The summed E-state index contributed by atoms with van der Waals surface area (Å²) < 4.78 is 0. The van der Waals surface area contributed by atoms with E-state index in [1.54, 1.807) is 0 Å². The summed E-state index contributed by atoms with van der Waals surface area (Å²) >= 11 is 11.7. The summed E-state index contributed by atoms with van der Waals surface area (Å²) in [5.41, 5.74) is 0. The fraction of sp³-hybridized carbons (Fsp3) is 1.00. The number of hydrogen-bond acceptors (Lipinski definition) is 0. The molecule has 0 heterocycles. The van der Waals surface area contributed by atoms with Crippen LogP contribution in [0.4, 0.5) is 0 Å². The molecule has 0 aromatic rings. The molecule has 0 saturated carbocycles. The predicted molar refractivity (Wildman–Crippen MR) is 57.0 cm³/mol. The maximum Gasteiger partial charge on any atom is 0.237 e. The number of halogens is 2. The maximum atomic E-state index is 5.83. The van der Waals surface area contributed by atoms with Crippen LogP contribution in [-0.2, 0) is 0 Å². The Kier molecular flexibility index (Phi) is 7.99. The zero-order chi connectivity index (χ0) is 8.69. The van der Waals surface area contributed by atoms with Crippen LogP contribution in [0.1, 0.15) is 39.5 Å². The van der Waals surface area contributed by atoms with Crippen molar-refractivity contribution in [3.05, 3.63) is 0 Å². The quantitative estimate of drug-likeness (QED) is 0.463. The van der Waals surface area contributed by atoms with E-state index >= 15 is 0 Å². The van der Waals surface area contributed by atoms with Crippen LogP contribution in [0.2, 0.25) is 6.04 Å². The fourth-order valence-corrected chi connectivity index (χ4v) is 3.82. The van der Waals surface area contributed by atoms with Gasteiger partial charge in [-0.3, -0.25) is 0 Å². The van der Waals surface area contributed by atoms with Gasteiger partial charge in [0.1, 0.15) is 0 Å². The SMILES string of the molecule is CCCCC(CC)C[SiH](Cl)Cl. The van der Waals surface area contributed by atoms with Crippen LogP contribution in [0.3, 0.4) is 0 Å². The lowest BCUT2D eigenvalue weighted by molar-refractivity contribution is 0.490. The molecule has 0 N–H and O–H groups in total. The van der Waals surface area contributed by atoms with Crippen molar-refractivity contribution < 1.29 is 0 Å². The Morgan fingerprint density at radius 2 is 1.91 bits per heavy atom. The molecule has 11 heavy (non-hydrogen) atoms. The van der Waals surface area contributed by atoms with Gasteiger partial charge >= 0.3 is 0 Å². The van der Waals surface area contributed by atoms with E-state index in [-0.39, 0.29) is 0 Å². The molecule has 0 aromatic heterocycles. The fourth-order valence-electron chi connectivity index (χ4n) is 1.23.